The van der Waals surface area contributed by atoms with Crippen molar-refractivity contribution in [2.24, 2.45) is 0 Å². The number of nitrogens with zero attached hydrogens (tertiary/aromatic N) is 3. The van der Waals surface area contributed by atoms with E-state index in [4.69, 9.17) is 4.42 Å². The number of nitrogens with one attached hydrogen (secondary N) is 1. The third kappa shape index (κ3) is 4.04. The van der Waals surface area contributed by atoms with Crippen molar-refractivity contribution in [2.75, 3.05) is 11.1 Å². The number of thioether (sulfide) groups is 1. The van der Waals surface area contributed by atoms with Gasteiger partial charge in [-0.05, 0) is 38.1 Å². The second kappa shape index (κ2) is 7.82. The Kier molecular flexibility index (Phi) is 5.08. The SMILES string of the molecule is Cc1ccc(-c2nnc(SCC(=O)Nc3cc(C)nc4ccccc34)o2)cc1. The molecule has 0 atom stereocenters. The topological polar surface area (TPSA) is 80.9 Å². The van der Waals surface area contributed by atoms with Gasteiger partial charge in [-0.25, -0.2) is 0 Å². The minimum absolute atomic E-state index is 0.143. The minimum Gasteiger partial charge on any atom is -0.411 e. The Morgan fingerprint density at radius 2 is 1.86 bits per heavy atom. The van der Waals surface area contributed by atoms with E-state index in [1.165, 1.54) is 11.8 Å². The minimum atomic E-state index is -0.143. The summed E-state index contributed by atoms with van der Waals surface area (Å²) in [6.07, 6.45) is 0. The first-order chi connectivity index (χ1) is 13.6. The van der Waals surface area contributed by atoms with Gasteiger partial charge >= 0.3 is 0 Å². The van der Waals surface area contributed by atoms with Gasteiger partial charge in [-0.15, -0.1) is 10.2 Å². The Balaban J connectivity index is 1.42. The number of pyridine rings is 1. The van der Waals surface area contributed by atoms with Gasteiger partial charge in [0, 0.05) is 16.6 Å². The molecule has 2 aromatic heterocycles. The van der Waals surface area contributed by atoms with E-state index in [0.717, 1.165) is 33.4 Å². The van der Waals surface area contributed by atoms with Gasteiger partial charge < -0.3 is 9.73 Å². The van der Waals surface area contributed by atoms with Gasteiger partial charge in [-0.3, -0.25) is 9.78 Å². The Morgan fingerprint density at radius 1 is 1.07 bits per heavy atom. The van der Waals surface area contributed by atoms with Crippen molar-refractivity contribution in [1.82, 2.24) is 15.2 Å². The normalized spacial score (nSPS) is 10.9. The van der Waals surface area contributed by atoms with E-state index < -0.39 is 0 Å². The molecule has 28 heavy (non-hydrogen) atoms. The second-order valence-electron chi connectivity index (χ2n) is 6.40. The molecular formula is C21H18N4O2S. The molecule has 0 spiro atoms. The van der Waals surface area contributed by atoms with Crippen molar-refractivity contribution in [1.29, 1.82) is 0 Å². The predicted molar refractivity (Wildman–Crippen MR) is 110 cm³/mol. The number of benzene rings is 2. The molecule has 0 aliphatic rings. The Bertz CT molecular complexity index is 1140. The molecule has 4 rings (SSSR count). The maximum atomic E-state index is 12.4. The molecule has 0 saturated heterocycles. The number of hydrogen-bond acceptors (Lipinski definition) is 6. The summed E-state index contributed by atoms with van der Waals surface area (Å²) in [4.78, 5) is 16.9. The molecule has 140 valence electrons. The molecule has 4 aromatic rings. The lowest BCUT2D eigenvalue weighted by Crippen LogP contribution is -2.14. The van der Waals surface area contributed by atoms with Crippen molar-refractivity contribution in [2.45, 2.75) is 19.1 Å². The Morgan fingerprint density at radius 3 is 2.68 bits per heavy atom. The number of carbonyl (C=O) groups is 1. The van der Waals surface area contributed by atoms with E-state index in [0.29, 0.717) is 11.1 Å². The Hall–Kier alpha value is -3.19. The highest BCUT2D eigenvalue weighted by Gasteiger charge is 2.12. The van der Waals surface area contributed by atoms with Crippen molar-refractivity contribution >= 4 is 34.3 Å². The quantitative estimate of drug-likeness (QED) is 0.500. The summed E-state index contributed by atoms with van der Waals surface area (Å²) >= 11 is 1.21. The molecule has 1 N–H and O–H groups in total. The number of para-hydroxylation sites is 1. The first kappa shape index (κ1) is 18.2. The van der Waals surface area contributed by atoms with Gasteiger partial charge in [0.25, 0.3) is 5.22 Å². The zero-order chi connectivity index (χ0) is 19.5. The second-order valence-corrected chi connectivity index (χ2v) is 7.33. The van der Waals surface area contributed by atoms with Crippen LogP contribution in [0.15, 0.2) is 64.2 Å². The summed E-state index contributed by atoms with van der Waals surface area (Å²) in [7, 11) is 0. The molecule has 0 aliphatic heterocycles. The number of anilines is 1. The zero-order valence-electron chi connectivity index (χ0n) is 15.5. The lowest BCUT2D eigenvalue weighted by Gasteiger charge is -2.09. The first-order valence-corrected chi connectivity index (χ1v) is 9.76. The van der Waals surface area contributed by atoms with Crippen LogP contribution in [0.1, 0.15) is 11.3 Å². The lowest BCUT2D eigenvalue weighted by atomic mass is 10.1. The lowest BCUT2D eigenvalue weighted by molar-refractivity contribution is -0.113. The fraction of sp³-hybridized carbons (Fsp3) is 0.143. The number of aromatic nitrogens is 3. The molecule has 0 fully saturated rings. The molecule has 2 heterocycles. The third-order valence-electron chi connectivity index (χ3n) is 4.15. The summed E-state index contributed by atoms with van der Waals surface area (Å²) in [5.41, 5.74) is 4.47. The van der Waals surface area contributed by atoms with E-state index in [2.05, 4.69) is 20.5 Å². The van der Waals surface area contributed by atoms with E-state index in [9.17, 15) is 4.79 Å². The standard InChI is InChI=1S/C21H18N4O2S/c1-13-7-9-15(10-8-13)20-24-25-21(27-20)28-12-19(26)23-18-11-14(2)22-17-6-4-3-5-16(17)18/h3-11H,12H2,1-2H3,(H,22,23,26). The first-order valence-electron chi connectivity index (χ1n) is 8.78. The zero-order valence-corrected chi connectivity index (χ0v) is 16.3. The van der Waals surface area contributed by atoms with Gasteiger partial charge in [0.1, 0.15) is 0 Å². The molecule has 0 saturated carbocycles. The van der Waals surface area contributed by atoms with E-state index in [1.807, 2.05) is 68.4 Å². The van der Waals surface area contributed by atoms with Crippen LogP contribution in [-0.4, -0.2) is 26.8 Å². The average molecular weight is 390 g/mol. The van der Waals surface area contributed by atoms with E-state index >= 15 is 0 Å². The van der Waals surface area contributed by atoms with Gasteiger partial charge in [-0.1, -0.05) is 47.7 Å². The van der Waals surface area contributed by atoms with E-state index in [1.54, 1.807) is 0 Å². The highest BCUT2D eigenvalue weighted by molar-refractivity contribution is 7.99. The predicted octanol–water partition coefficient (Wildman–Crippen LogP) is 4.63. The van der Waals surface area contributed by atoms with Gasteiger partial charge in [0.05, 0.1) is 17.0 Å². The average Bonchev–Trinajstić information content (AvgIpc) is 3.16. The number of fused-ring (bicyclic) bond motifs is 1. The van der Waals surface area contributed by atoms with Crippen LogP contribution in [0.2, 0.25) is 0 Å². The number of rotatable bonds is 5. The number of carbonyl (C=O) groups excluding carboxylic acids is 1. The van der Waals surface area contributed by atoms with Crippen LogP contribution in [0.3, 0.4) is 0 Å². The van der Waals surface area contributed by atoms with Crippen LogP contribution in [0.25, 0.3) is 22.4 Å². The van der Waals surface area contributed by atoms with Gasteiger partial charge in [-0.2, -0.15) is 0 Å². The summed E-state index contributed by atoms with van der Waals surface area (Å²) in [6.45, 7) is 3.92. The van der Waals surface area contributed by atoms with Crippen molar-refractivity contribution in [3.05, 3.63) is 65.9 Å². The maximum Gasteiger partial charge on any atom is 0.277 e. The van der Waals surface area contributed by atoms with Gasteiger partial charge in [0.2, 0.25) is 11.8 Å². The molecule has 0 unspecified atom stereocenters. The summed E-state index contributed by atoms with van der Waals surface area (Å²) < 4.78 is 5.65. The number of aryl methyl sites for hydroxylation is 2. The molecule has 7 heteroatoms. The molecular weight excluding hydrogens is 372 g/mol. The van der Waals surface area contributed by atoms with Crippen LogP contribution >= 0.6 is 11.8 Å². The highest BCUT2D eigenvalue weighted by Crippen LogP contribution is 2.25. The van der Waals surface area contributed by atoms with Crippen molar-refractivity contribution in [3.63, 3.8) is 0 Å². The van der Waals surface area contributed by atoms with Crippen molar-refractivity contribution in [3.8, 4) is 11.5 Å². The highest BCUT2D eigenvalue weighted by atomic mass is 32.2. The smallest absolute Gasteiger partial charge is 0.277 e. The molecule has 1 amide bonds. The van der Waals surface area contributed by atoms with Crippen LogP contribution < -0.4 is 5.32 Å². The molecule has 0 radical (unpaired) electrons. The molecule has 0 bridgehead atoms. The fourth-order valence-electron chi connectivity index (χ4n) is 2.81. The summed E-state index contributed by atoms with van der Waals surface area (Å²) in [6, 6.07) is 17.4. The van der Waals surface area contributed by atoms with Crippen LogP contribution in [0.4, 0.5) is 5.69 Å². The fourth-order valence-corrected chi connectivity index (χ4v) is 3.37. The maximum absolute atomic E-state index is 12.4. The van der Waals surface area contributed by atoms with Crippen molar-refractivity contribution < 1.29 is 9.21 Å². The number of hydrogen-bond donors (Lipinski definition) is 1. The van der Waals surface area contributed by atoms with Crippen LogP contribution in [0.5, 0.6) is 0 Å². The third-order valence-corrected chi connectivity index (χ3v) is 4.97. The van der Waals surface area contributed by atoms with E-state index in [-0.39, 0.29) is 11.7 Å². The largest absolute Gasteiger partial charge is 0.411 e. The van der Waals surface area contributed by atoms with Crippen LogP contribution in [-0.2, 0) is 4.79 Å². The van der Waals surface area contributed by atoms with Gasteiger partial charge in [0.15, 0.2) is 0 Å². The molecule has 6 nitrogen and oxygen atoms in total. The summed E-state index contributed by atoms with van der Waals surface area (Å²) in [5, 5.41) is 12.3. The molecule has 2 aromatic carbocycles. The summed E-state index contributed by atoms with van der Waals surface area (Å²) in [5.74, 6) is 0.472. The monoisotopic (exact) mass is 390 g/mol. The van der Waals surface area contributed by atoms with Crippen LogP contribution in [0, 0.1) is 13.8 Å². The number of amides is 1. The molecule has 0 aliphatic carbocycles. The Labute approximate surface area is 166 Å².